The quantitative estimate of drug-likeness (QED) is 0.477. The van der Waals surface area contributed by atoms with E-state index in [-0.39, 0.29) is 12.4 Å². The first-order valence-electron chi connectivity index (χ1n) is 5.50. The normalized spacial score (nSPS) is 11.0. The highest BCUT2D eigenvalue weighted by Crippen LogP contribution is 1.83. The van der Waals surface area contributed by atoms with Crippen molar-refractivity contribution >= 4 is 5.78 Å². The lowest BCUT2D eigenvalue weighted by atomic mass is 10.5. The molecular formula is C11H23NO4. The summed E-state index contributed by atoms with van der Waals surface area (Å²) >= 11 is 0. The Kier molecular flexibility index (Phi) is 10.7. The first kappa shape index (κ1) is 15.5. The monoisotopic (exact) mass is 233 g/mol. The van der Waals surface area contributed by atoms with Crippen molar-refractivity contribution in [3.63, 3.8) is 0 Å². The topological polar surface area (TPSA) is 48.0 Å². The van der Waals surface area contributed by atoms with Gasteiger partial charge in [0.1, 0.15) is 6.61 Å². The van der Waals surface area contributed by atoms with Crippen LogP contribution in [0.2, 0.25) is 0 Å². The lowest BCUT2D eigenvalue weighted by Crippen LogP contribution is -2.19. The van der Waals surface area contributed by atoms with Crippen LogP contribution in [0, 0.1) is 0 Å². The molecule has 0 fully saturated rings. The SMILES string of the molecule is CC(=O)COCCOCCOCCN(C)C. The number of carbonyl (C=O) groups is 1. The van der Waals surface area contributed by atoms with E-state index >= 15 is 0 Å². The molecule has 0 saturated carbocycles. The molecule has 0 unspecified atom stereocenters. The maximum atomic E-state index is 10.5. The van der Waals surface area contributed by atoms with Crippen molar-refractivity contribution in [2.75, 3.05) is 60.3 Å². The van der Waals surface area contributed by atoms with Gasteiger partial charge >= 0.3 is 0 Å². The summed E-state index contributed by atoms with van der Waals surface area (Å²) in [6, 6.07) is 0. The molecule has 0 amide bonds. The van der Waals surface area contributed by atoms with Gasteiger partial charge in [0.05, 0.1) is 33.0 Å². The number of hydrogen-bond donors (Lipinski definition) is 0. The number of Topliss-reactive ketones (excluding diaryl/α,β-unsaturated/α-hetero) is 1. The summed E-state index contributed by atoms with van der Waals surface area (Å²) in [5.74, 6) is 0.0343. The van der Waals surface area contributed by atoms with Gasteiger partial charge in [-0.1, -0.05) is 0 Å². The van der Waals surface area contributed by atoms with Gasteiger partial charge in [-0.05, 0) is 21.0 Å². The molecular weight excluding hydrogens is 210 g/mol. The maximum Gasteiger partial charge on any atom is 0.155 e. The molecule has 0 aliphatic heterocycles. The fraction of sp³-hybridized carbons (Fsp3) is 0.909. The molecule has 0 heterocycles. The minimum atomic E-state index is 0.0343. The molecule has 0 aromatic carbocycles. The molecule has 0 radical (unpaired) electrons. The Morgan fingerprint density at radius 1 is 0.938 bits per heavy atom. The van der Waals surface area contributed by atoms with E-state index < -0.39 is 0 Å². The Morgan fingerprint density at radius 3 is 1.94 bits per heavy atom. The summed E-state index contributed by atoms with van der Waals surface area (Å²) < 4.78 is 15.6. The summed E-state index contributed by atoms with van der Waals surface area (Å²) in [5, 5.41) is 0. The molecule has 0 spiro atoms. The summed E-state index contributed by atoms with van der Waals surface area (Å²) in [5.41, 5.74) is 0. The number of rotatable bonds is 11. The second-order valence-electron chi connectivity index (χ2n) is 3.78. The lowest BCUT2D eigenvalue weighted by Gasteiger charge is -2.10. The highest BCUT2D eigenvalue weighted by molar-refractivity contribution is 5.76. The van der Waals surface area contributed by atoms with E-state index in [1.54, 1.807) is 0 Å². The fourth-order valence-corrected chi connectivity index (χ4v) is 0.903. The zero-order valence-corrected chi connectivity index (χ0v) is 10.5. The Hall–Kier alpha value is -0.490. The minimum Gasteiger partial charge on any atom is -0.378 e. The Bertz CT molecular complexity index is 173. The summed E-state index contributed by atoms with van der Waals surface area (Å²) in [6.07, 6.45) is 0. The first-order chi connectivity index (χ1) is 7.63. The van der Waals surface area contributed by atoms with E-state index in [4.69, 9.17) is 14.2 Å². The Morgan fingerprint density at radius 2 is 1.44 bits per heavy atom. The van der Waals surface area contributed by atoms with Gasteiger partial charge in [0.2, 0.25) is 0 Å². The van der Waals surface area contributed by atoms with E-state index in [2.05, 4.69) is 4.90 Å². The Labute approximate surface area is 97.7 Å². The van der Waals surface area contributed by atoms with Crippen LogP contribution in [0.1, 0.15) is 6.92 Å². The standard InChI is InChI=1S/C11H23NO4/c1-11(13)10-16-9-8-15-7-6-14-5-4-12(2)3/h4-10H2,1-3H3. The molecule has 96 valence electrons. The predicted octanol–water partition coefficient (Wildman–Crippen LogP) is 0.187. The van der Waals surface area contributed by atoms with E-state index in [0.29, 0.717) is 26.4 Å². The van der Waals surface area contributed by atoms with Crippen LogP contribution in [0.5, 0.6) is 0 Å². The molecule has 0 rings (SSSR count). The van der Waals surface area contributed by atoms with Crippen LogP contribution in [0.15, 0.2) is 0 Å². The van der Waals surface area contributed by atoms with Crippen molar-refractivity contribution in [2.24, 2.45) is 0 Å². The van der Waals surface area contributed by atoms with Gasteiger partial charge in [-0.15, -0.1) is 0 Å². The van der Waals surface area contributed by atoms with Gasteiger partial charge in [0.25, 0.3) is 0 Å². The van der Waals surface area contributed by atoms with Gasteiger partial charge in [-0.2, -0.15) is 0 Å². The van der Waals surface area contributed by atoms with Crippen LogP contribution in [0.3, 0.4) is 0 Å². The molecule has 0 bridgehead atoms. The maximum absolute atomic E-state index is 10.5. The molecule has 0 saturated heterocycles. The van der Waals surface area contributed by atoms with Crippen LogP contribution in [0.25, 0.3) is 0 Å². The highest BCUT2D eigenvalue weighted by atomic mass is 16.5. The molecule has 0 N–H and O–H groups in total. The second kappa shape index (κ2) is 11.0. The summed E-state index contributed by atoms with van der Waals surface area (Å²) in [4.78, 5) is 12.6. The average molecular weight is 233 g/mol. The van der Waals surface area contributed by atoms with Crippen LogP contribution >= 0.6 is 0 Å². The number of nitrogens with zero attached hydrogens (tertiary/aromatic N) is 1. The van der Waals surface area contributed by atoms with E-state index in [1.807, 2.05) is 14.1 Å². The van der Waals surface area contributed by atoms with Crippen LogP contribution in [-0.4, -0.2) is 71.0 Å². The van der Waals surface area contributed by atoms with Crippen molar-refractivity contribution in [2.45, 2.75) is 6.92 Å². The highest BCUT2D eigenvalue weighted by Gasteiger charge is 1.94. The zero-order valence-electron chi connectivity index (χ0n) is 10.5. The van der Waals surface area contributed by atoms with E-state index in [0.717, 1.165) is 13.2 Å². The second-order valence-corrected chi connectivity index (χ2v) is 3.78. The van der Waals surface area contributed by atoms with Gasteiger partial charge in [-0.25, -0.2) is 0 Å². The molecule has 0 aromatic rings. The lowest BCUT2D eigenvalue weighted by molar-refractivity contribution is -0.122. The first-order valence-corrected chi connectivity index (χ1v) is 5.50. The van der Waals surface area contributed by atoms with E-state index in [9.17, 15) is 4.79 Å². The number of hydrogen-bond acceptors (Lipinski definition) is 5. The molecule has 16 heavy (non-hydrogen) atoms. The van der Waals surface area contributed by atoms with Gasteiger partial charge in [0.15, 0.2) is 5.78 Å². The van der Waals surface area contributed by atoms with Crippen molar-refractivity contribution in [1.82, 2.24) is 4.90 Å². The smallest absolute Gasteiger partial charge is 0.155 e. The van der Waals surface area contributed by atoms with Crippen LogP contribution in [-0.2, 0) is 19.0 Å². The van der Waals surface area contributed by atoms with Crippen molar-refractivity contribution in [1.29, 1.82) is 0 Å². The van der Waals surface area contributed by atoms with Crippen molar-refractivity contribution in [3.8, 4) is 0 Å². The molecule has 0 aliphatic rings. The molecule has 0 aromatic heterocycles. The molecule has 0 aliphatic carbocycles. The average Bonchev–Trinajstić information content (AvgIpc) is 2.20. The van der Waals surface area contributed by atoms with Crippen LogP contribution in [0.4, 0.5) is 0 Å². The number of carbonyl (C=O) groups excluding carboxylic acids is 1. The van der Waals surface area contributed by atoms with Gasteiger partial charge in [-0.3, -0.25) is 4.79 Å². The Balaban J connectivity index is 2.96. The minimum absolute atomic E-state index is 0.0343. The number of ether oxygens (including phenoxy) is 3. The predicted molar refractivity (Wildman–Crippen MR) is 61.7 cm³/mol. The third kappa shape index (κ3) is 13.5. The summed E-state index contributed by atoms with van der Waals surface area (Å²) in [6.45, 7) is 5.43. The molecule has 5 heteroatoms. The number of ketones is 1. The largest absolute Gasteiger partial charge is 0.378 e. The molecule has 0 atom stereocenters. The number of likely N-dealkylation sites (N-methyl/N-ethyl adjacent to an activating group) is 1. The van der Waals surface area contributed by atoms with Gasteiger partial charge in [0, 0.05) is 6.54 Å². The van der Waals surface area contributed by atoms with Gasteiger partial charge < -0.3 is 19.1 Å². The summed E-state index contributed by atoms with van der Waals surface area (Å²) in [7, 11) is 4.01. The van der Waals surface area contributed by atoms with Crippen molar-refractivity contribution < 1.29 is 19.0 Å². The molecule has 5 nitrogen and oxygen atoms in total. The van der Waals surface area contributed by atoms with Crippen LogP contribution < -0.4 is 0 Å². The third-order valence-electron chi connectivity index (χ3n) is 1.73. The fourth-order valence-electron chi connectivity index (χ4n) is 0.903. The van der Waals surface area contributed by atoms with Crippen molar-refractivity contribution in [3.05, 3.63) is 0 Å². The van der Waals surface area contributed by atoms with E-state index in [1.165, 1.54) is 6.92 Å². The third-order valence-corrected chi connectivity index (χ3v) is 1.73. The zero-order chi connectivity index (χ0) is 12.2.